The maximum absolute atomic E-state index is 13.1. The fourth-order valence-corrected chi connectivity index (χ4v) is 4.45. The molecule has 0 fully saturated rings. The molecule has 4 amide bonds. The van der Waals surface area contributed by atoms with Crippen LogP contribution in [0.3, 0.4) is 0 Å². The number of carboxylic acid groups (broad SMARTS) is 1. The molecule has 0 aromatic heterocycles. The third-order valence-corrected chi connectivity index (χ3v) is 6.42. The Bertz CT molecular complexity index is 1290. The molecular weight excluding hydrogens is 484 g/mol. The zero-order chi connectivity index (χ0) is 26.9. The van der Waals surface area contributed by atoms with Gasteiger partial charge in [-0.05, 0) is 47.2 Å². The highest BCUT2D eigenvalue weighted by Gasteiger charge is 2.30. The summed E-state index contributed by atoms with van der Waals surface area (Å²) in [6.07, 6.45) is 0.402. The summed E-state index contributed by atoms with van der Waals surface area (Å²) in [7, 11) is 0. The lowest BCUT2D eigenvalue weighted by Crippen LogP contribution is -2.40. The molecule has 0 saturated carbocycles. The van der Waals surface area contributed by atoms with Gasteiger partial charge in [-0.25, -0.2) is 4.79 Å². The van der Waals surface area contributed by atoms with Crippen molar-refractivity contribution in [3.63, 3.8) is 0 Å². The lowest BCUT2D eigenvalue weighted by molar-refractivity contribution is -0.137. The van der Waals surface area contributed by atoms with E-state index in [4.69, 9.17) is 0 Å². The van der Waals surface area contributed by atoms with Gasteiger partial charge in [0, 0.05) is 30.9 Å². The predicted octanol–water partition coefficient (Wildman–Crippen LogP) is 3.73. The minimum atomic E-state index is -0.919. The first-order chi connectivity index (χ1) is 18.4. The molecule has 196 valence electrons. The molecule has 4 rings (SSSR count). The molecule has 9 heteroatoms. The molecule has 1 aliphatic rings. The number of aliphatic carboxylic acids is 1. The van der Waals surface area contributed by atoms with Gasteiger partial charge in [0.05, 0.1) is 13.0 Å². The van der Waals surface area contributed by atoms with Gasteiger partial charge in [0.25, 0.3) is 5.91 Å². The number of nitrogens with one attached hydrogen (secondary N) is 3. The first-order valence-electron chi connectivity index (χ1n) is 12.4. The average molecular weight is 515 g/mol. The van der Waals surface area contributed by atoms with Crippen LogP contribution in [0.5, 0.6) is 0 Å². The molecule has 1 atom stereocenters. The van der Waals surface area contributed by atoms with Crippen LogP contribution in [0.4, 0.5) is 10.5 Å². The molecule has 1 unspecified atom stereocenters. The van der Waals surface area contributed by atoms with Gasteiger partial charge in [0.2, 0.25) is 5.91 Å². The smallest absolute Gasteiger partial charge is 0.319 e. The standard InChI is InChI=1S/C29H30N4O5/c34-26(19-33-15-14-22(16-27(35)36)24-8-4-5-9-25(24)28(33)37)30-17-21-10-12-23(13-11-21)32-29(38)31-18-20-6-2-1-3-7-20/h1-13,22H,14-19H2,(H,30,34)(H,35,36)(H2,31,32,38). The van der Waals surface area contributed by atoms with Gasteiger partial charge in [-0.1, -0.05) is 60.7 Å². The van der Waals surface area contributed by atoms with Crippen LogP contribution in [0.2, 0.25) is 0 Å². The lowest BCUT2D eigenvalue weighted by atomic mass is 9.90. The van der Waals surface area contributed by atoms with Crippen LogP contribution in [0.25, 0.3) is 0 Å². The van der Waals surface area contributed by atoms with E-state index in [-0.39, 0.29) is 43.3 Å². The number of anilines is 1. The van der Waals surface area contributed by atoms with Crippen LogP contribution in [0.1, 0.15) is 45.8 Å². The van der Waals surface area contributed by atoms with E-state index in [9.17, 15) is 24.3 Å². The largest absolute Gasteiger partial charge is 0.481 e. The fourth-order valence-electron chi connectivity index (χ4n) is 4.45. The summed E-state index contributed by atoms with van der Waals surface area (Å²) < 4.78 is 0. The van der Waals surface area contributed by atoms with Gasteiger partial charge >= 0.3 is 12.0 Å². The Morgan fingerprint density at radius 1 is 0.842 bits per heavy atom. The minimum absolute atomic E-state index is 0.0656. The summed E-state index contributed by atoms with van der Waals surface area (Å²) in [6.45, 7) is 0.863. The van der Waals surface area contributed by atoms with Crippen LogP contribution >= 0.6 is 0 Å². The van der Waals surface area contributed by atoms with E-state index in [1.807, 2.05) is 30.3 Å². The summed E-state index contributed by atoms with van der Waals surface area (Å²) in [5.41, 5.74) is 3.61. The molecule has 0 spiro atoms. The third-order valence-electron chi connectivity index (χ3n) is 6.42. The van der Waals surface area contributed by atoms with Crippen LogP contribution in [-0.4, -0.2) is 46.9 Å². The Morgan fingerprint density at radius 2 is 1.50 bits per heavy atom. The van der Waals surface area contributed by atoms with Crippen LogP contribution < -0.4 is 16.0 Å². The fraction of sp³-hybridized carbons (Fsp3) is 0.241. The number of nitrogens with zero attached hydrogens (tertiary/aromatic N) is 1. The van der Waals surface area contributed by atoms with Crippen molar-refractivity contribution in [3.05, 3.63) is 101 Å². The second kappa shape index (κ2) is 12.5. The molecule has 38 heavy (non-hydrogen) atoms. The highest BCUT2D eigenvalue weighted by atomic mass is 16.4. The monoisotopic (exact) mass is 514 g/mol. The molecule has 4 N–H and O–H groups in total. The number of fused-ring (bicyclic) bond motifs is 1. The first-order valence-corrected chi connectivity index (χ1v) is 12.4. The van der Waals surface area contributed by atoms with Crippen molar-refractivity contribution in [2.24, 2.45) is 0 Å². The summed E-state index contributed by atoms with van der Waals surface area (Å²) in [4.78, 5) is 50.7. The number of hydrogen-bond donors (Lipinski definition) is 4. The summed E-state index contributed by atoms with van der Waals surface area (Å²) in [5, 5.41) is 17.7. The molecule has 3 aromatic rings. The molecule has 0 radical (unpaired) electrons. The number of hydrogen-bond acceptors (Lipinski definition) is 4. The van der Waals surface area contributed by atoms with Crippen molar-refractivity contribution in [2.75, 3.05) is 18.4 Å². The van der Waals surface area contributed by atoms with Crippen molar-refractivity contribution < 1.29 is 24.3 Å². The van der Waals surface area contributed by atoms with Crippen LogP contribution in [0, 0.1) is 0 Å². The van der Waals surface area contributed by atoms with Gasteiger partial charge in [0.15, 0.2) is 0 Å². The maximum atomic E-state index is 13.1. The Kier molecular flexibility index (Phi) is 8.71. The Morgan fingerprint density at radius 3 is 2.24 bits per heavy atom. The number of rotatable bonds is 9. The van der Waals surface area contributed by atoms with E-state index in [0.717, 1.165) is 11.1 Å². The summed E-state index contributed by atoms with van der Waals surface area (Å²) >= 11 is 0. The van der Waals surface area contributed by atoms with E-state index >= 15 is 0 Å². The van der Waals surface area contributed by atoms with Crippen molar-refractivity contribution in [3.8, 4) is 0 Å². The highest BCUT2D eigenvalue weighted by molar-refractivity contribution is 5.98. The van der Waals surface area contributed by atoms with Crippen molar-refractivity contribution in [1.29, 1.82) is 0 Å². The molecule has 1 heterocycles. The zero-order valence-electron chi connectivity index (χ0n) is 20.9. The molecule has 9 nitrogen and oxygen atoms in total. The quantitative estimate of drug-likeness (QED) is 0.346. The van der Waals surface area contributed by atoms with E-state index in [0.29, 0.717) is 36.3 Å². The zero-order valence-corrected chi connectivity index (χ0v) is 20.9. The number of carboxylic acids is 1. The molecular formula is C29H30N4O5. The van der Waals surface area contributed by atoms with Crippen molar-refractivity contribution in [2.45, 2.75) is 31.8 Å². The van der Waals surface area contributed by atoms with E-state index in [2.05, 4.69) is 16.0 Å². The second-order valence-electron chi connectivity index (χ2n) is 9.16. The molecule has 0 bridgehead atoms. The lowest BCUT2D eigenvalue weighted by Gasteiger charge is -2.20. The SMILES string of the molecule is O=C(O)CC1CCN(CC(=O)NCc2ccc(NC(=O)NCc3ccccc3)cc2)C(=O)c2ccccc21. The molecule has 0 saturated heterocycles. The topological polar surface area (TPSA) is 128 Å². The molecule has 0 aliphatic carbocycles. The third kappa shape index (κ3) is 7.19. The van der Waals surface area contributed by atoms with Crippen LogP contribution in [0.15, 0.2) is 78.9 Å². The molecule has 1 aliphatic heterocycles. The summed E-state index contributed by atoms with van der Waals surface area (Å²) in [5.74, 6) is -1.79. The highest BCUT2D eigenvalue weighted by Crippen LogP contribution is 2.31. The number of carbonyl (C=O) groups is 4. The minimum Gasteiger partial charge on any atom is -0.481 e. The Hall–Kier alpha value is -4.66. The first kappa shape index (κ1) is 26.4. The van der Waals surface area contributed by atoms with E-state index in [1.165, 1.54) is 4.90 Å². The second-order valence-corrected chi connectivity index (χ2v) is 9.16. The Balaban J connectivity index is 1.26. The van der Waals surface area contributed by atoms with Gasteiger partial charge in [0.1, 0.15) is 0 Å². The van der Waals surface area contributed by atoms with E-state index < -0.39 is 5.97 Å². The maximum Gasteiger partial charge on any atom is 0.319 e. The Labute approximate surface area is 220 Å². The number of amides is 4. The summed E-state index contributed by atoms with van der Waals surface area (Å²) in [6, 6.07) is 23.4. The van der Waals surface area contributed by atoms with E-state index in [1.54, 1.807) is 48.5 Å². The van der Waals surface area contributed by atoms with Crippen molar-refractivity contribution >= 4 is 29.5 Å². The average Bonchev–Trinajstić information content (AvgIpc) is 3.04. The number of urea groups is 1. The van der Waals surface area contributed by atoms with Crippen molar-refractivity contribution in [1.82, 2.24) is 15.5 Å². The van der Waals surface area contributed by atoms with Gasteiger partial charge in [-0.15, -0.1) is 0 Å². The van der Waals surface area contributed by atoms with Gasteiger partial charge < -0.3 is 26.0 Å². The number of benzene rings is 3. The number of carbonyl (C=O) groups excluding carboxylic acids is 3. The van der Waals surface area contributed by atoms with Gasteiger partial charge in [-0.2, -0.15) is 0 Å². The van der Waals surface area contributed by atoms with Gasteiger partial charge in [-0.3, -0.25) is 14.4 Å². The normalized spacial score (nSPS) is 14.7. The molecule has 3 aromatic carbocycles. The van der Waals surface area contributed by atoms with Crippen LogP contribution in [-0.2, 0) is 22.7 Å². The predicted molar refractivity (Wildman–Crippen MR) is 143 cm³/mol.